The van der Waals surface area contributed by atoms with Crippen LogP contribution in [-0.4, -0.2) is 32.9 Å². The van der Waals surface area contributed by atoms with Gasteiger partial charge in [0.2, 0.25) is 0 Å². The molecule has 4 rings (SSSR count). The van der Waals surface area contributed by atoms with E-state index < -0.39 is 57.3 Å². The molecule has 3 aromatic heterocycles. The minimum absolute atomic E-state index is 0.00822. The van der Waals surface area contributed by atoms with Gasteiger partial charge in [-0.15, -0.1) is 10.1 Å². The third-order valence-electron chi connectivity index (χ3n) is 5.17. The number of nitrogens with one attached hydrogen (secondary N) is 1. The summed E-state index contributed by atoms with van der Waals surface area (Å²) in [6, 6.07) is 6.21. The molecule has 0 fully saturated rings. The molecule has 0 unspecified atom stereocenters. The predicted molar refractivity (Wildman–Crippen MR) is 126 cm³/mol. The third kappa shape index (κ3) is 6.39. The van der Waals surface area contributed by atoms with Gasteiger partial charge in [-0.05, 0) is 48.2 Å². The zero-order valence-electron chi connectivity index (χ0n) is 19.4. The van der Waals surface area contributed by atoms with E-state index in [1.165, 1.54) is 18.4 Å². The number of furan rings is 1. The van der Waals surface area contributed by atoms with E-state index in [-0.39, 0.29) is 33.5 Å². The predicted octanol–water partition coefficient (Wildman–Crippen LogP) is 6.69. The van der Waals surface area contributed by atoms with Crippen LogP contribution in [0.3, 0.4) is 0 Å². The van der Waals surface area contributed by atoms with Gasteiger partial charge < -0.3 is 14.3 Å². The number of rotatable bonds is 5. The Hall–Kier alpha value is -3.92. The Labute approximate surface area is 214 Å². The number of pyridine rings is 2. The van der Waals surface area contributed by atoms with Crippen LogP contribution in [0.25, 0.3) is 22.1 Å². The van der Waals surface area contributed by atoms with Crippen LogP contribution in [0.5, 0.6) is 0 Å². The summed E-state index contributed by atoms with van der Waals surface area (Å²) in [5.41, 5.74) is -1.82. The number of benzene rings is 1. The number of nitrogens with zero attached hydrogens (tertiary/aromatic N) is 3. The van der Waals surface area contributed by atoms with Crippen LogP contribution in [-0.2, 0) is 26.8 Å². The molecule has 0 spiro atoms. The van der Waals surface area contributed by atoms with E-state index >= 15 is 0 Å². The quantitative estimate of drug-likeness (QED) is 0.180. The van der Waals surface area contributed by atoms with Crippen LogP contribution < -0.4 is 5.32 Å². The standard InChI is InChI=1S/C23H16F8N4O3S/c1-39(37,35-21(36)23(29,30)31)10-11-6-17(22(26,27)28)33-19(7-11)34-18-8-14(16(25)9-32-18)12-2-3-15(24)13-4-5-38-20(12)13/h2-9,39H,10H2,1H3,(H,32,33,34)(H,35,36,37). The average molecular weight is 580 g/mol. The van der Waals surface area contributed by atoms with Gasteiger partial charge in [0.15, 0.2) is 0 Å². The summed E-state index contributed by atoms with van der Waals surface area (Å²) < 4.78 is 125. The Morgan fingerprint density at radius 1 is 1.03 bits per heavy atom. The number of halogens is 8. The first-order valence-electron chi connectivity index (χ1n) is 10.6. The van der Waals surface area contributed by atoms with Crippen LogP contribution in [0.1, 0.15) is 11.3 Å². The van der Waals surface area contributed by atoms with Crippen LogP contribution in [0.15, 0.2) is 57.6 Å². The van der Waals surface area contributed by atoms with Crippen molar-refractivity contribution in [3.63, 3.8) is 0 Å². The first-order valence-corrected chi connectivity index (χ1v) is 13.0. The lowest BCUT2D eigenvalue weighted by atomic mass is 10.0. The summed E-state index contributed by atoms with van der Waals surface area (Å²) in [5.74, 6) is -5.58. The second-order valence-electron chi connectivity index (χ2n) is 8.33. The summed E-state index contributed by atoms with van der Waals surface area (Å²) >= 11 is 0. The number of amides is 1. The summed E-state index contributed by atoms with van der Waals surface area (Å²) in [6.45, 7) is 0. The van der Waals surface area contributed by atoms with Crippen LogP contribution in [0.2, 0.25) is 0 Å². The van der Waals surface area contributed by atoms with Crippen LogP contribution in [0.4, 0.5) is 46.8 Å². The fourth-order valence-corrected chi connectivity index (χ4v) is 5.06. The van der Waals surface area contributed by atoms with Gasteiger partial charge in [0, 0.05) is 16.9 Å². The second kappa shape index (κ2) is 10.00. The summed E-state index contributed by atoms with van der Waals surface area (Å²) in [4.78, 5) is 18.4. The van der Waals surface area contributed by atoms with Crippen molar-refractivity contribution in [2.75, 3.05) is 11.6 Å². The molecule has 16 heteroatoms. The molecule has 1 amide bonds. The zero-order chi connectivity index (χ0) is 28.8. The van der Waals surface area contributed by atoms with E-state index in [4.69, 9.17) is 4.42 Å². The topological polar surface area (TPSA) is 101 Å². The molecule has 2 N–H and O–H groups in total. The van der Waals surface area contributed by atoms with Gasteiger partial charge in [0.05, 0.1) is 17.8 Å². The molecule has 3 heterocycles. The van der Waals surface area contributed by atoms with E-state index in [9.17, 15) is 44.5 Å². The number of aromatic nitrogens is 2. The highest BCUT2D eigenvalue weighted by atomic mass is 32.3. The van der Waals surface area contributed by atoms with Gasteiger partial charge in [-0.3, -0.25) is 4.79 Å². The Kier molecular flexibility index (Phi) is 7.20. The highest BCUT2D eigenvalue weighted by Crippen LogP contribution is 2.35. The molecular weight excluding hydrogens is 564 g/mol. The van der Waals surface area contributed by atoms with Crippen molar-refractivity contribution in [2.45, 2.75) is 18.1 Å². The Morgan fingerprint density at radius 3 is 2.41 bits per heavy atom. The van der Waals surface area contributed by atoms with E-state index in [1.54, 1.807) is 0 Å². The van der Waals surface area contributed by atoms with E-state index in [0.717, 1.165) is 30.7 Å². The van der Waals surface area contributed by atoms with Crippen LogP contribution >= 0.6 is 0 Å². The molecule has 0 aliphatic carbocycles. The van der Waals surface area contributed by atoms with Gasteiger partial charge in [-0.1, -0.05) is 0 Å². The maximum atomic E-state index is 14.7. The van der Waals surface area contributed by atoms with E-state index in [1.807, 2.05) is 0 Å². The number of thiol groups is 1. The Morgan fingerprint density at radius 2 is 1.74 bits per heavy atom. The van der Waals surface area contributed by atoms with Crippen molar-refractivity contribution < 1.29 is 48.9 Å². The second-order valence-corrected chi connectivity index (χ2v) is 11.0. The highest BCUT2D eigenvalue weighted by molar-refractivity contribution is 7.98. The van der Waals surface area contributed by atoms with Gasteiger partial charge in [-0.2, -0.15) is 30.7 Å². The van der Waals surface area contributed by atoms with Gasteiger partial charge >= 0.3 is 18.3 Å². The van der Waals surface area contributed by atoms with E-state index in [0.29, 0.717) is 6.07 Å². The lowest BCUT2D eigenvalue weighted by Crippen LogP contribution is -2.24. The summed E-state index contributed by atoms with van der Waals surface area (Å²) in [7, 11) is -4.04. The summed E-state index contributed by atoms with van der Waals surface area (Å²) in [5, 5.41) is 2.52. The minimum atomic E-state index is -5.37. The highest BCUT2D eigenvalue weighted by Gasteiger charge is 2.39. The normalized spacial score (nSPS) is 13.0. The number of anilines is 2. The first kappa shape index (κ1) is 28.1. The third-order valence-corrected chi connectivity index (χ3v) is 6.75. The molecular formula is C23H16F8N4O3S. The Balaban J connectivity index is 1.73. The molecule has 0 radical (unpaired) electrons. The Bertz CT molecular complexity index is 1630. The molecule has 1 aromatic carbocycles. The summed E-state index contributed by atoms with van der Waals surface area (Å²) in [6.07, 6.45) is -7.61. The van der Waals surface area contributed by atoms with Crippen molar-refractivity contribution >= 4 is 38.6 Å². The lowest BCUT2D eigenvalue weighted by molar-refractivity contribution is -0.169. The fraction of sp³-hybridized carbons (Fsp3) is 0.174. The molecule has 7 nitrogen and oxygen atoms in total. The van der Waals surface area contributed by atoms with Crippen molar-refractivity contribution in [1.82, 2.24) is 9.97 Å². The SMILES string of the molecule is C[SH](O)(Cc1cc(Nc2cc(-c3ccc(F)c4ccoc34)c(F)cn2)nc(C(F)(F)F)c1)=NC(=O)C(F)(F)F. The largest absolute Gasteiger partial charge is 0.474 e. The minimum Gasteiger partial charge on any atom is -0.464 e. The first-order chi connectivity index (χ1) is 18.0. The van der Waals surface area contributed by atoms with Crippen molar-refractivity contribution in [2.24, 2.45) is 4.36 Å². The maximum Gasteiger partial charge on any atom is 0.474 e. The van der Waals surface area contributed by atoms with Crippen molar-refractivity contribution in [3.05, 3.63) is 71.8 Å². The molecule has 208 valence electrons. The molecule has 4 aromatic rings. The van der Waals surface area contributed by atoms with E-state index in [2.05, 4.69) is 19.6 Å². The molecule has 0 aliphatic rings. The number of hydrogen-bond donors (Lipinski definition) is 3. The number of fused-ring (bicyclic) bond motifs is 1. The lowest BCUT2D eigenvalue weighted by Gasteiger charge is -2.20. The smallest absolute Gasteiger partial charge is 0.464 e. The van der Waals surface area contributed by atoms with Crippen LogP contribution in [0, 0.1) is 11.6 Å². The number of alkyl halides is 6. The van der Waals surface area contributed by atoms with Gasteiger partial charge in [-0.25, -0.2) is 18.7 Å². The number of carbonyl (C=O) groups excluding carboxylic acids is 1. The maximum absolute atomic E-state index is 14.7. The molecule has 0 aliphatic heterocycles. The molecule has 0 atom stereocenters. The monoisotopic (exact) mass is 580 g/mol. The zero-order valence-corrected chi connectivity index (χ0v) is 20.3. The molecule has 0 saturated carbocycles. The van der Waals surface area contributed by atoms with Gasteiger partial charge in [0.1, 0.15) is 34.5 Å². The van der Waals surface area contributed by atoms with Crippen molar-refractivity contribution in [3.8, 4) is 11.1 Å². The average Bonchev–Trinajstić information content (AvgIpc) is 3.30. The van der Waals surface area contributed by atoms with Gasteiger partial charge in [0.25, 0.3) is 0 Å². The molecule has 39 heavy (non-hydrogen) atoms. The molecule has 0 saturated heterocycles. The molecule has 0 bridgehead atoms. The number of hydrogen-bond acceptors (Lipinski definition) is 5. The fourth-order valence-electron chi connectivity index (χ4n) is 3.61. The number of carbonyl (C=O) groups is 1. The van der Waals surface area contributed by atoms with Crippen molar-refractivity contribution in [1.29, 1.82) is 0 Å².